The maximum atomic E-state index is 11.4. The van der Waals surface area contributed by atoms with E-state index in [9.17, 15) is 13.2 Å². The van der Waals surface area contributed by atoms with Gasteiger partial charge in [0.2, 0.25) is 0 Å². The molecule has 0 aliphatic rings. The van der Waals surface area contributed by atoms with Gasteiger partial charge < -0.3 is 10.2 Å². The molecule has 0 aromatic rings. The van der Waals surface area contributed by atoms with Crippen LogP contribution in [0.5, 0.6) is 0 Å². The van der Waals surface area contributed by atoms with Crippen molar-refractivity contribution in [3.63, 3.8) is 0 Å². The van der Waals surface area contributed by atoms with Gasteiger partial charge in [-0.2, -0.15) is 17.4 Å². The van der Waals surface area contributed by atoms with Crippen LogP contribution in [0.2, 0.25) is 0 Å². The van der Waals surface area contributed by atoms with E-state index >= 15 is 0 Å². The van der Waals surface area contributed by atoms with Crippen LogP contribution in [0.3, 0.4) is 0 Å². The zero-order chi connectivity index (χ0) is 12.1. The molecule has 0 rings (SSSR count). The van der Waals surface area contributed by atoms with E-state index in [0.717, 1.165) is 4.31 Å². The minimum atomic E-state index is -3.69. The quantitative estimate of drug-likeness (QED) is 0.508. The van der Waals surface area contributed by atoms with E-state index in [1.807, 2.05) is 4.72 Å². The van der Waals surface area contributed by atoms with Crippen molar-refractivity contribution in [3.05, 3.63) is 0 Å². The molecule has 0 fully saturated rings. The van der Waals surface area contributed by atoms with Crippen LogP contribution in [-0.4, -0.2) is 54.6 Å². The van der Waals surface area contributed by atoms with Gasteiger partial charge in [-0.1, -0.05) is 13.8 Å². The minimum Gasteiger partial charge on any atom is -0.479 e. The SMILES string of the molecule is CCN(CC)S(=O)(=O)NC[C@H](O)C(=O)O. The monoisotopic (exact) mass is 240 g/mol. The van der Waals surface area contributed by atoms with Crippen molar-refractivity contribution >= 4 is 16.2 Å². The summed E-state index contributed by atoms with van der Waals surface area (Å²) in [6.07, 6.45) is -1.73. The number of aliphatic hydroxyl groups excluding tert-OH is 1. The summed E-state index contributed by atoms with van der Waals surface area (Å²) in [5.41, 5.74) is 0. The fourth-order valence-corrected chi connectivity index (χ4v) is 2.16. The van der Waals surface area contributed by atoms with Gasteiger partial charge in [-0.05, 0) is 0 Å². The molecule has 0 aliphatic carbocycles. The van der Waals surface area contributed by atoms with Crippen molar-refractivity contribution in [2.24, 2.45) is 0 Å². The molecule has 0 saturated heterocycles. The number of carbonyl (C=O) groups is 1. The van der Waals surface area contributed by atoms with E-state index in [1.165, 1.54) is 0 Å². The summed E-state index contributed by atoms with van der Waals surface area (Å²) in [5.74, 6) is -1.46. The number of hydrogen-bond acceptors (Lipinski definition) is 4. The molecule has 0 unspecified atom stereocenters. The molecule has 0 heterocycles. The Kier molecular flexibility index (Phi) is 5.73. The van der Waals surface area contributed by atoms with Crippen LogP contribution < -0.4 is 4.72 Å². The zero-order valence-electron chi connectivity index (χ0n) is 8.67. The maximum Gasteiger partial charge on any atom is 0.333 e. The first-order chi connectivity index (χ1) is 6.85. The molecular formula is C7H16N2O5S. The van der Waals surface area contributed by atoms with E-state index in [1.54, 1.807) is 13.8 Å². The highest BCUT2D eigenvalue weighted by Gasteiger charge is 2.21. The van der Waals surface area contributed by atoms with Gasteiger partial charge in [0.05, 0.1) is 0 Å². The van der Waals surface area contributed by atoms with E-state index in [4.69, 9.17) is 10.2 Å². The predicted octanol–water partition coefficient (Wildman–Crippen LogP) is -1.39. The molecule has 0 saturated carbocycles. The van der Waals surface area contributed by atoms with Gasteiger partial charge in [0, 0.05) is 19.6 Å². The lowest BCUT2D eigenvalue weighted by molar-refractivity contribution is -0.146. The van der Waals surface area contributed by atoms with Crippen LogP contribution in [0.25, 0.3) is 0 Å². The van der Waals surface area contributed by atoms with Crippen molar-refractivity contribution in [2.45, 2.75) is 20.0 Å². The first-order valence-electron chi connectivity index (χ1n) is 4.50. The molecule has 1 atom stereocenters. The number of aliphatic carboxylic acids is 1. The normalized spacial score (nSPS) is 14.1. The summed E-state index contributed by atoms with van der Waals surface area (Å²) >= 11 is 0. The molecule has 0 aromatic carbocycles. The second-order valence-corrected chi connectivity index (χ2v) is 4.55. The van der Waals surface area contributed by atoms with Gasteiger partial charge in [-0.15, -0.1) is 0 Å². The van der Waals surface area contributed by atoms with Crippen LogP contribution >= 0.6 is 0 Å². The second-order valence-electron chi connectivity index (χ2n) is 2.79. The van der Waals surface area contributed by atoms with Crippen molar-refractivity contribution < 1.29 is 23.4 Å². The lowest BCUT2D eigenvalue weighted by Gasteiger charge is -2.19. The largest absolute Gasteiger partial charge is 0.479 e. The maximum absolute atomic E-state index is 11.4. The Morgan fingerprint density at radius 3 is 2.20 bits per heavy atom. The molecule has 0 bridgehead atoms. The van der Waals surface area contributed by atoms with Gasteiger partial charge in [-0.25, -0.2) is 4.79 Å². The van der Waals surface area contributed by atoms with Gasteiger partial charge >= 0.3 is 5.97 Å². The molecule has 8 heteroatoms. The summed E-state index contributed by atoms with van der Waals surface area (Å²) in [4.78, 5) is 10.2. The van der Waals surface area contributed by atoms with Gasteiger partial charge in [0.25, 0.3) is 10.2 Å². The zero-order valence-corrected chi connectivity index (χ0v) is 9.49. The van der Waals surface area contributed by atoms with Crippen LogP contribution in [0.15, 0.2) is 0 Å². The second kappa shape index (κ2) is 6.01. The number of carboxylic acids is 1. The van der Waals surface area contributed by atoms with Gasteiger partial charge in [0.1, 0.15) is 0 Å². The summed E-state index contributed by atoms with van der Waals surface area (Å²) in [5, 5.41) is 17.2. The van der Waals surface area contributed by atoms with Crippen LogP contribution in [0.1, 0.15) is 13.8 Å². The Hall–Kier alpha value is -0.700. The summed E-state index contributed by atoms with van der Waals surface area (Å²) in [6, 6.07) is 0. The van der Waals surface area contributed by atoms with Crippen LogP contribution in [0, 0.1) is 0 Å². The molecule has 3 N–H and O–H groups in total. The van der Waals surface area contributed by atoms with Gasteiger partial charge in [0.15, 0.2) is 6.10 Å². The van der Waals surface area contributed by atoms with Gasteiger partial charge in [-0.3, -0.25) is 0 Å². The van der Waals surface area contributed by atoms with Crippen LogP contribution in [-0.2, 0) is 15.0 Å². The highest BCUT2D eigenvalue weighted by atomic mass is 32.2. The number of nitrogens with one attached hydrogen (secondary N) is 1. The molecule has 0 radical (unpaired) electrons. The van der Waals surface area contributed by atoms with Crippen molar-refractivity contribution in [3.8, 4) is 0 Å². The average Bonchev–Trinajstić information content (AvgIpc) is 2.15. The minimum absolute atomic E-state index is 0.287. The molecule has 7 nitrogen and oxygen atoms in total. The van der Waals surface area contributed by atoms with Crippen LogP contribution in [0.4, 0.5) is 0 Å². The smallest absolute Gasteiger partial charge is 0.333 e. The first-order valence-corrected chi connectivity index (χ1v) is 5.94. The number of hydrogen-bond donors (Lipinski definition) is 3. The highest BCUT2D eigenvalue weighted by Crippen LogP contribution is 1.96. The Labute approximate surface area is 88.9 Å². The Bertz CT molecular complexity index is 299. The Balaban J connectivity index is 4.33. The molecule has 15 heavy (non-hydrogen) atoms. The summed E-state index contributed by atoms with van der Waals surface area (Å²) in [7, 11) is -3.69. The summed E-state index contributed by atoms with van der Waals surface area (Å²) < 4.78 is 26.0. The lowest BCUT2D eigenvalue weighted by Crippen LogP contribution is -2.44. The van der Waals surface area contributed by atoms with E-state index in [-0.39, 0.29) is 13.1 Å². The standard InChI is InChI=1S/C7H16N2O5S/c1-3-9(4-2)15(13,14)8-5-6(10)7(11)12/h6,8,10H,3-5H2,1-2H3,(H,11,12)/t6-/m0/s1. The first kappa shape index (κ1) is 14.3. The average molecular weight is 240 g/mol. The van der Waals surface area contributed by atoms with E-state index < -0.39 is 28.8 Å². The lowest BCUT2D eigenvalue weighted by atomic mass is 10.4. The molecule has 90 valence electrons. The third kappa shape index (κ3) is 4.56. The van der Waals surface area contributed by atoms with E-state index in [0.29, 0.717) is 0 Å². The fourth-order valence-electron chi connectivity index (χ4n) is 0.926. The molecule has 0 aromatic heterocycles. The molecule has 0 aliphatic heterocycles. The number of nitrogens with zero attached hydrogens (tertiary/aromatic N) is 1. The van der Waals surface area contributed by atoms with E-state index in [2.05, 4.69) is 0 Å². The third-order valence-electron chi connectivity index (χ3n) is 1.79. The topological polar surface area (TPSA) is 107 Å². The predicted molar refractivity (Wildman–Crippen MR) is 53.5 cm³/mol. The number of aliphatic hydroxyl groups is 1. The Morgan fingerprint density at radius 2 is 1.87 bits per heavy atom. The molecule has 0 amide bonds. The Morgan fingerprint density at radius 1 is 1.40 bits per heavy atom. The fraction of sp³-hybridized carbons (Fsp3) is 0.857. The number of rotatable bonds is 7. The van der Waals surface area contributed by atoms with Crippen molar-refractivity contribution in [1.29, 1.82) is 0 Å². The highest BCUT2D eigenvalue weighted by molar-refractivity contribution is 7.87. The van der Waals surface area contributed by atoms with Crippen molar-refractivity contribution in [2.75, 3.05) is 19.6 Å². The number of carboxylic acid groups (broad SMARTS) is 1. The molecule has 0 spiro atoms. The van der Waals surface area contributed by atoms with Crippen molar-refractivity contribution in [1.82, 2.24) is 9.03 Å². The molecular weight excluding hydrogens is 224 g/mol. The third-order valence-corrected chi connectivity index (χ3v) is 3.52. The summed E-state index contributed by atoms with van der Waals surface area (Å²) in [6.45, 7) is 3.37.